The molecule has 0 aliphatic rings. The molecule has 0 saturated heterocycles. The maximum Gasteiger partial charge on any atom is 0.260 e. The minimum Gasteiger partial charge on any atom is -0.298 e. The van der Waals surface area contributed by atoms with E-state index >= 15 is 0 Å². The molecule has 100 valence electrons. The molecule has 0 spiro atoms. The van der Waals surface area contributed by atoms with Crippen LogP contribution in [-0.4, -0.2) is 20.7 Å². The van der Waals surface area contributed by atoms with E-state index < -0.39 is 0 Å². The van der Waals surface area contributed by atoms with Crippen molar-refractivity contribution in [2.45, 2.75) is 0 Å². The first kappa shape index (κ1) is 13.0. The van der Waals surface area contributed by atoms with Gasteiger partial charge in [0.25, 0.3) is 5.91 Å². The smallest absolute Gasteiger partial charge is 0.260 e. The molecule has 0 aliphatic heterocycles. The zero-order chi connectivity index (χ0) is 13.9. The number of carbonyl (C=O) groups is 1. The monoisotopic (exact) mass is 348 g/mol. The number of benzene rings is 1. The van der Waals surface area contributed by atoms with Crippen LogP contribution in [0.1, 0.15) is 10.4 Å². The molecule has 3 aromatic rings. The van der Waals surface area contributed by atoms with Gasteiger partial charge < -0.3 is 0 Å². The van der Waals surface area contributed by atoms with Crippen LogP contribution in [-0.2, 0) is 0 Å². The highest BCUT2D eigenvalue weighted by atomic mass is 79.9. The molecule has 0 radical (unpaired) electrons. The van der Waals surface area contributed by atoms with E-state index in [9.17, 15) is 4.79 Å². The van der Waals surface area contributed by atoms with Gasteiger partial charge >= 0.3 is 0 Å². The molecule has 0 fully saturated rings. The average molecular weight is 349 g/mol. The van der Waals surface area contributed by atoms with Crippen LogP contribution in [0.25, 0.3) is 5.69 Å². The van der Waals surface area contributed by atoms with Crippen molar-refractivity contribution in [2.75, 3.05) is 5.32 Å². The zero-order valence-electron chi connectivity index (χ0n) is 10.2. The van der Waals surface area contributed by atoms with Crippen molar-refractivity contribution in [2.24, 2.45) is 0 Å². The van der Waals surface area contributed by atoms with Gasteiger partial charge in [0, 0.05) is 6.20 Å². The van der Waals surface area contributed by atoms with E-state index in [1.165, 1.54) is 17.5 Å². The first-order valence-corrected chi connectivity index (χ1v) is 7.36. The highest BCUT2D eigenvalue weighted by molar-refractivity contribution is 9.11. The molecule has 1 aromatic carbocycles. The molecule has 1 amide bonds. The van der Waals surface area contributed by atoms with E-state index in [1.807, 2.05) is 30.3 Å². The number of anilines is 1. The fourth-order valence-corrected chi connectivity index (χ4v) is 2.75. The zero-order valence-corrected chi connectivity index (χ0v) is 12.6. The Morgan fingerprint density at radius 2 is 2.05 bits per heavy atom. The number of hydrogen-bond donors (Lipinski definition) is 1. The minimum atomic E-state index is -0.228. The summed E-state index contributed by atoms with van der Waals surface area (Å²) in [5, 5.41) is 7.46. The van der Waals surface area contributed by atoms with Gasteiger partial charge in [-0.2, -0.15) is 5.10 Å². The Labute approximate surface area is 127 Å². The summed E-state index contributed by atoms with van der Waals surface area (Å²) in [5.41, 5.74) is 1.39. The number of hydrogen-bond acceptors (Lipinski definition) is 4. The SMILES string of the molecule is O=C(Nc1ncc(Br)s1)c1cnn(-c2ccccc2)c1. The summed E-state index contributed by atoms with van der Waals surface area (Å²) >= 11 is 4.66. The quantitative estimate of drug-likeness (QED) is 0.789. The molecular weight excluding hydrogens is 340 g/mol. The third-order valence-electron chi connectivity index (χ3n) is 2.56. The number of halogens is 1. The summed E-state index contributed by atoms with van der Waals surface area (Å²) in [6, 6.07) is 9.62. The molecule has 1 N–H and O–H groups in total. The molecule has 0 aliphatic carbocycles. The lowest BCUT2D eigenvalue weighted by Crippen LogP contribution is -2.10. The molecule has 2 aromatic heterocycles. The van der Waals surface area contributed by atoms with Crippen molar-refractivity contribution in [1.82, 2.24) is 14.8 Å². The van der Waals surface area contributed by atoms with Crippen LogP contribution in [0.5, 0.6) is 0 Å². The summed E-state index contributed by atoms with van der Waals surface area (Å²) in [7, 11) is 0. The maximum absolute atomic E-state index is 12.1. The second kappa shape index (κ2) is 5.56. The van der Waals surface area contributed by atoms with Gasteiger partial charge in [-0.1, -0.05) is 29.5 Å². The standard InChI is InChI=1S/C13H9BrN4OS/c14-11-7-15-13(20-11)17-12(19)9-6-16-18(8-9)10-4-2-1-3-5-10/h1-8H,(H,15,17,19). The number of aromatic nitrogens is 3. The number of amides is 1. The lowest BCUT2D eigenvalue weighted by atomic mass is 10.3. The Balaban J connectivity index is 1.78. The van der Waals surface area contributed by atoms with E-state index in [0.29, 0.717) is 10.7 Å². The molecule has 20 heavy (non-hydrogen) atoms. The van der Waals surface area contributed by atoms with Crippen LogP contribution in [0.2, 0.25) is 0 Å². The first-order valence-electron chi connectivity index (χ1n) is 5.75. The average Bonchev–Trinajstić information content (AvgIpc) is 3.09. The molecule has 2 heterocycles. The maximum atomic E-state index is 12.1. The van der Waals surface area contributed by atoms with E-state index in [0.717, 1.165) is 9.47 Å². The topological polar surface area (TPSA) is 59.8 Å². The third-order valence-corrected chi connectivity index (χ3v) is 3.96. The van der Waals surface area contributed by atoms with Gasteiger partial charge in [0.2, 0.25) is 0 Å². The Hall–Kier alpha value is -1.99. The van der Waals surface area contributed by atoms with Crippen LogP contribution >= 0.6 is 27.3 Å². The summed E-state index contributed by atoms with van der Waals surface area (Å²) in [4.78, 5) is 16.1. The lowest BCUT2D eigenvalue weighted by molar-refractivity contribution is 0.102. The Morgan fingerprint density at radius 3 is 2.75 bits per heavy atom. The van der Waals surface area contributed by atoms with Gasteiger partial charge in [-0.3, -0.25) is 10.1 Å². The molecule has 0 atom stereocenters. The van der Waals surface area contributed by atoms with Crippen LogP contribution in [0.4, 0.5) is 5.13 Å². The van der Waals surface area contributed by atoms with Crippen LogP contribution in [0, 0.1) is 0 Å². The Morgan fingerprint density at radius 1 is 1.25 bits per heavy atom. The number of nitrogens with zero attached hydrogens (tertiary/aromatic N) is 3. The molecule has 3 rings (SSSR count). The van der Waals surface area contributed by atoms with Gasteiger partial charge in [0.1, 0.15) is 0 Å². The fourth-order valence-electron chi connectivity index (χ4n) is 1.64. The highest BCUT2D eigenvalue weighted by Gasteiger charge is 2.11. The van der Waals surface area contributed by atoms with E-state index in [-0.39, 0.29) is 5.91 Å². The van der Waals surface area contributed by atoms with Gasteiger partial charge in [0.15, 0.2) is 5.13 Å². The lowest BCUT2D eigenvalue weighted by Gasteiger charge is -1.99. The van der Waals surface area contributed by atoms with Crippen molar-refractivity contribution in [3.63, 3.8) is 0 Å². The first-order chi connectivity index (χ1) is 9.72. The molecule has 5 nitrogen and oxygen atoms in total. The predicted octanol–water partition coefficient (Wildman–Crippen LogP) is 3.34. The van der Waals surface area contributed by atoms with Gasteiger partial charge in [-0.05, 0) is 28.1 Å². The largest absolute Gasteiger partial charge is 0.298 e. The van der Waals surface area contributed by atoms with E-state index in [1.54, 1.807) is 17.1 Å². The molecule has 0 bridgehead atoms. The van der Waals surface area contributed by atoms with Gasteiger partial charge in [-0.15, -0.1) is 0 Å². The van der Waals surface area contributed by atoms with Crippen LogP contribution in [0.15, 0.2) is 52.7 Å². The number of thiazole rings is 1. The second-order valence-electron chi connectivity index (χ2n) is 3.93. The third kappa shape index (κ3) is 2.78. The summed E-state index contributed by atoms with van der Waals surface area (Å²) < 4.78 is 2.53. The van der Waals surface area contributed by atoms with E-state index in [4.69, 9.17) is 0 Å². The molecule has 0 unspecified atom stereocenters. The number of rotatable bonds is 3. The van der Waals surface area contributed by atoms with Crippen molar-refractivity contribution < 1.29 is 4.79 Å². The predicted molar refractivity (Wildman–Crippen MR) is 81.3 cm³/mol. The summed E-state index contributed by atoms with van der Waals surface area (Å²) in [6.45, 7) is 0. The van der Waals surface area contributed by atoms with Crippen molar-refractivity contribution in [3.8, 4) is 5.69 Å². The summed E-state index contributed by atoms with van der Waals surface area (Å²) in [5.74, 6) is -0.228. The summed E-state index contributed by atoms with van der Waals surface area (Å²) in [6.07, 6.45) is 4.87. The van der Waals surface area contributed by atoms with Gasteiger partial charge in [-0.25, -0.2) is 9.67 Å². The number of carbonyl (C=O) groups excluding carboxylic acids is 1. The molecular formula is C13H9BrN4OS. The van der Waals surface area contributed by atoms with Crippen molar-refractivity contribution in [1.29, 1.82) is 0 Å². The van der Waals surface area contributed by atoms with Crippen LogP contribution < -0.4 is 5.32 Å². The normalized spacial score (nSPS) is 10.4. The number of nitrogens with one attached hydrogen (secondary N) is 1. The number of para-hydroxylation sites is 1. The molecule has 7 heteroatoms. The second-order valence-corrected chi connectivity index (χ2v) is 6.34. The fraction of sp³-hybridized carbons (Fsp3) is 0. The molecule has 0 saturated carbocycles. The minimum absolute atomic E-state index is 0.228. The van der Waals surface area contributed by atoms with Crippen LogP contribution in [0.3, 0.4) is 0 Å². The Kier molecular flexibility index (Phi) is 3.62. The highest BCUT2D eigenvalue weighted by Crippen LogP contribution is 2.23. The van der Waals surface area contributed by atoms with E-state index in [2.05, 4.69) is 31.3 Å². The Bertz CT molecular complexity index is 738. The van der Waals surface area contributed by atoms with Gasteiger partial charge in [0.05, 0.1) is 27.4 Å². The van der Waals surface area contributed by atoms with Crippen molar-refractivity contribution >= 4 is 38.3 Å². The van der Waals surface area contributed by atoms with Crippen molar-refractivity contribution in [3.05, 3.63) is 58.3 Å².